The number of para-hydroxylation sites is 1. The monoisotopic (exact) mass is 656 g/mol. The zero-order chi connectivity index (χ0) is 33.5. The van der Waals surface area contributed by atoms with Crippen molar-refractivity contribution in [2.24, 2.45) is 5.73 Å². The highest BCUT2D eigenvalue weighted by Gasteiger charge is 2.22. The van der Waals surface area contributed by atoms with Gasteiger partial charge in [-0.1, -0.05) is 42.0 Å². The van der Waals surface area contributed by atoms with E-state index in [4.69, 9.17) is 35.5 Å². The quantitative estimate of drug-likeness (QED) is 0.215. The molecule has 1 atom stereocenters. The van der Waals surface area contributed by atoms with E-state index in [0.717, 1.165) is 52.3 Å². The average Bonchev–Trinajstić information content (AvgIpc) is 3.93. The third-order valence-electron chi connectivity index (χ3n) is 8.86. The van der Waals surface area contributed by atoms with Crippen LogP contribution in [0.2, 0.25) is 0 Å². The molecule has 0 unspecified atom stereocenters. The minimum absolute atomic E-state index is 0.0659. The Hall–Kier alpha value is -5.79. The predicted molar refractivity (Wildman–Crippen MR) is 185 cm³/mol. The summed E-state index contributed by atoms with van der Waals surface area (Å²) in [6.07, 6.45) is 4.17. The number of aromatic nitrogens is 8. The Bertz CT molecular complexity index is 2290. The third-order valence-corrected chi connectivity index (χ3v) is 8.86. The first kappa shape index (κ1) is 30.5. The van der Waals surface area contributed by atoms with E-state index in [2.05, 4.69) is 35.0 Å². The molecule has 8 rings (SSSR count). The summed E-state index contributed by atoms with van der Waals surface area (Å²) in [7, 11) is 0. The number of nitrogens with one attached hydrogen (secondary N) is 1. The van der Waals surface area contributed by atoms with Gasteiger partial charge in [0.2, 0.25) is 0 Å². The lowest BCUT2D eigenvalue weighted by molar-refractivity contribution is -0.149. The molecule has 13 nitrogen and oxygen atoms in total. The van der Waals surface area contributed by atoms with Crippen molar-refractivity contribution in [3.05, 3.63) is 102 Å². The number of morpholine rings is 1. The van der Waals surface area contributed by atoms with Gasteiger partial charge in [0.05, 0.1) is 18.9 Å². The van der Waals surface area contributed by atoms with Crippen LogP contribution in [-0.4, -0.2) is 77.5 Å². The second-order valence-corrected chi connectivity index (χ2v) is 12.3. The number of H-pyrrole nitrogens is 1. The van der Waals surface area contributed by atoms with Gasteiger partial charge in [-0.15, -0.1) is 0 Å². The number of ether oxygens (including phenoxy) is 2. The number of anilines is 1. The molecule has 0 bridgehead atoms. The van der Waals surface area contributed by atoms with Crippen molar-refractivity contribution in [3.8, 4) is 28.5 Å². The molecule has 1 aliphatic rings. The summed E-state index contributed by atoms with van der Waals surface area (Å²) in [5.74, 6) is 1.07. The van der Waals surface area contributed by atoms with E-state index in [0.29, 0.717) is 42.5 Å². The predicted octanol–water partition coefficient (Wildman–Crippen LogP) is 4.45. The molecule has 3 N–H and O–H groups in total. The lowest BCUT2D eigenvalue weighted by atomic mass is 10.1. The van der Waals surface area contributed by atoms with Crippen molar-refractivity contribution in [1.29, 1.82) is 0 Å². The minimum Gasteiger partial charge on any atom is -0.441 e. The fraction of sp³-hybridized carbons (Fsp3) is 0.250. The van der Waals surface area contributed by atoms with Crippen LogP contribution in [0.4, 0.5) is 5.82 Å². The van der Waals surface area contributed by atoms with E-state index in [1.807, 2.05) is 78.4 Å². The van der Waals surface area contributed by atoms with Crippen LogP contribution in [0.5, 0.6) is 0 Å². The van der Waals surface area contributed by atoms with E-state index >= 15 is 0 Å². The summed E-state index contributed by atoms with van der Waals surface area (Å²) in [6.45, 7) is 6.61. The van der Waals surface area contributed by atoms with Crippen molar-refractivity contribution < 1.29 is 14.3 Å². The first-order valence-electron chi connectivity index (χ1n) is 16.3. The number of fused-ring (bicyclic) bond motifs is 2. The topological polar surface area (TPSA) is 146 Å². The van der Waals surface area contributed by atoms with Crippen LogP contribution in [0.25, 0.3) is 45.0 Å². The van der Waals surface area contributed by atoms with Gasteiger partial charge in [0, 0.05) is 66.2 Å². The normalized spacial score (nSPS) is 14.1. The highest BCUT2D eigenvalue weighted by atomic mass is 16.5. The van der Waals surface area contributed by atoms with Crippen molar-refractivity contribution in [2.75, 3.05) is 31.2 Å². The van der Waals surface area contributed by atoms with Gasteiger partial charge < -0.3 is 25.1 Å². The van der Waals surface area contributed by atoms with Crippen LogP contribution in [-0.2, 0) is 27.4 Å². The van der Waals surface area contributed by atoms with Crippen LogP contribution in [0.15, 0.2) is 85.2 Å². The summed E-state index contributed by atoms with van der Waals surface area (Å²) in [6, 6.07) is 23.2. The van der Waals surface area contributed by atoms with Crippen molar-refractivity contribution in [2.45, 2.75) is 33.0 Å². The number of aromatic amines is 1. The number of carbonyl (C=O) groups excluding carboxylic acids is 1. The van der Waals surface area contributed by atoms with Crippen LogP contribution in [0.1, 0.15) is 16.8 Å². The molecule has 0 spiro atoms. The number of nitrogens with two attached hydrogens (primary N) is 1. The van der Waals surface area contributed by atoms with Gasteiger partial charge in [0.15, 0.2) is 18.2 Å². The summed E-state index contributed by atoms with van der Waals surface area (Å²) in [4.78, 5) is 23.3. The molecule has 5 aromatic heterocycles. The van der Waals surface area contributed by atoms with Gasteiger partial charge >= 0.3 is 5.97 Å². The Morgan fingerprint density at radius 2 is 1.80 bits per heavy atom. The first-order chi connectivity index (χ1) is 23.9. The summed E-state index contributed by atoms with van der Waals surface area (Å²) < 4.78 is 16.5. The second kappa shape index (κ2) is 12.7. The van der Waals surface area contributed by atoms with E-state index in [1.165, 1.54) is 5.56 Å². The Kier molecular flexibility index (Phi) is 7.90. The van der Waals surface area contributed by atoms with E-state index in [1.54, 1.807) is 9.36 Å². The number of esters is 1. The Morgan fingerprint density at radius 1 is 0.959 bits per heavy atom. The lowest BCUT2D eigenvalue weighted by Gasteiger charge is -2.29. The first-order valence-corrected chi connectivity index (χ1v) is 16.3. The van der Waals surface area contributed by atoms with E-state index < -0.39 is 12.0 Å². The average molecular weight is 657 g/mol. The zero-order valence-corrected chi connectivity index (χ0v) is 27.3. The smallest absolute Gasteiger partial charge is 0.325 e. The Morgan fingerprint density at radius 3 is 2.65 bits per heavy atom. The number of hydrogen-bond acceptors (Lipinski definition) is 9. The van der Waals surface area contributed by atoms with Crippen LogP contribution < -0.4 is 10.6 Å². The number of aryl methyl sites for hydroxylation is 2. The number of rotatable bonds is 9. The molecule has 0 saturated carbocycles. The van der Waals surface area contributed by atoms with Crippen molar-refractivity contribution in [3.63, 3.8) is 0 Å². The van der Waals surface area contributed by atoms with Crippen LogP contribution in [0.3, 0.4) is 0 Å². The van der Waals surface area contributed by atoms with Gasteiger partial charge in [0.1, 0.15) is 23.2 Å². The van der Waals surface area contributed by atoms with Crippen LogP contribution >= 0.6 is 0 Å². The maximum Gasteiger partial charge on any atom is 0.325 e. The van der Waals surface area contributed by atoms with E-state index in [9.17, 15) is 4.79 Å². The summed E-state index contributed by atoms with van der Waals surface area (Å²) in [5, 5.41) is 15.6. The molecule has 248 valence electrons. The zero-order valence-electron chi connectivity index (χ0n) is 27.3. The molecule has 1 saturated heterocycles. The van der Waals surface area contributed by atoms with E-state index in [-0.39, 0.29) is 6.73 Å². The number of nitrogens with zero attached hydrogens (tertiary/aromatic N) is 8. The number of benzene rings is 2. The minimum atomic E-state index is -0.811. The number of carbonyl (C=O) groups is 1. The van der Waals surface area contributed by atoms with Gasteiger partial charge in [-0.3, -0.25) is 4.79 Å². The third kappa shape index (κ3) is 6.05. The molecule has 2 aromatic carbocycles. The molecule has 6 heterocycles. The molecule has 0 amide bonds. The molecule has 7 aromatic rings. The van der Waals surface area contributed by atoms with Crippen molar-refractivity contribution in [1.82, 2.24) is 39.1 Å². The standard InChI is InChI=1S/C36H36N10O3/c1-23-6-5-7-25(16-23)29-10-11-44(40-29)33-20-35(43-12-14-48-15-13-43)46-34(39-33)19-32(42-46)31-17-24(2)45(41-31)22-49-36(47)28(37)18-26-21-38-30-9-4-3-8-27(26)30/h3-11,16-17,19-21,28,38H,12-15,18,22,37H2,1-2H3/t28-/m0/s1. The molecular formula is C36H36N10O3. The maximum atomic E-state index is 12.9. The van der Waals surface area contributed by atoms with Gasteiger partial charge in [-0.05, 0) is 43.7 Å². The Labute approximate surface area is 281 Å². The molecule has 13 heteroatoms. The molecule has 0 radical (unpaired) electrons. The summed E-state index contributed by atoms with van der Waals surface area (Å²) in [5.41, 5.74) is 14.1. The SMILES string of the molecule is Cc1cccc(-c2ccn(-c3cc(N4CCOCC4)n4nc(-c5cc(C)n(COC(=O)[C@@H](N)Cc6c[nH]c7ccccc67)n5)cc4n3)n2)c1. The molecule has 1 aliphatic heterocycles. The second-order valence-electron chi connectivity index (χ2n) is 12.3. The number of hydrogen-bond donors (Lipinski definition) is 2. The van der Waals surface area contributed by atoms with Gasteiger partial charge in [-0.25, -0.2) is 14.3 Å². The fourth-order valence-electron chi connectivity index (χ4n) is 6.23. The Balaban J connectivity index is 1.04. The molecule has 0 aliphatic carbocycles. The van der Waals surface area contributed by atoms with Crippen molar-refractivity contribution >= 4 is 28.3 Å². The largest absolute Gasteiger partial charge is 0.441 e. The lowest BCUT2D eigenvalue weighted by Crippen LogP contribution is -2.37. The molecular weight excluding hydrogens is 620 g/mol. The van der Waals surface area contributed by atoms with Gasteiger partial charge in [0.25, 0.3) is 0 Å². The van der Waals surface area contributed by atoms with Crippen LogP contribution in [0, 0.1) is 13.8 Å². The molecule has 49 heavy (non-hydrogen) atoms. The molecule has 1 fully saturated rings. The fourth-order valence-corrected chi connectivity index (χ4v) is 6.23. The highest BCUT2D eigenvalue weighted by molar-refractivity contribution is 5.84. The highest BCUT2D eigenvalue weighted by Crippen LogP contribution is 2.27. The van der Waals surface area contributed by atoms with Gasteiger partial charge in [-0.2, -0.15) is 19.8 Å². The summed E-state index contributed by atoms with van der Waals surface area (Å²) >= 11 is 0. The maximum absolute atomic E-state index is 12.9.